The Morgan fingerprint density at radius 3 is 2.14 bits per heavy atom. The van der Waals surface area contributed by atoms with E-state index in [9.17, 15) is 14.4 Å². The maximum Gasteiger partial charge on any atom is 0.324 e. The molecule has 0 saturated carbocycles. The number of ketones is 1. The lowest BCUT2D eigenvalue weighted by molar-refractivity contribution is -0.145. The molecule has 0 spiro atoms. The average molecular weight is 202 g/mol. The topological polar surface area (TPSA) is 123 Å². The molecule has 0 saturated heterocycles. The normalized spacial score (nSPS) is 14.4. The van der Waals surface area contributed by atoms with E-state index in [2.05, 4.69) is 0 Å². The highest BCUT2D eigenvalue weighted by atomic mass is 16.4. The number of nitrogens with two attached hydrogens (primary N) is 2. The molecule has 1 amide bonds. The Labute approximate surface area is 81.3 Å². The van der Waals surface area contributed by atoms with Crippen molar-refractivity contribution in [2.45, 2.75) is 31.7 Å². The standard InChI is InChI=1S/C8H14N2O4/c1-5(11)4-8(10,7(13)14)3-2-6(9)12/h2-4,10H2,1H3,(H2,9,12)(H,13,14). The Balaban J connectivity index is 4.47. The molecule has 0 aliphatic heterocycles. The summed E-state index contributed by atoms with van der Waals surface area (Å²) < 4.78 is 0. The van der Waals surface area contributed by atoms with Gasteiger partial charge in [-0.25, -0.2) is 0 Å². The summed E-state index contributed by atoms with van der Waals surface area (Å²) in [7, 11) is 0. The van der Waals surface area contributed by atoms with Crippen molar-refractivity contribution < 1.29 is 19.5 Å². The highest BCUT2D eigenvalue weighted by molar-refractivity contribution is 5.88. The van der Waals surface area contributed by atoms with Crippen LogP contribution >= 0.6 is 0 Å². The van der Waals surface area contributed by atoms with Gasteiger partial charge in [0.25, 0.3) is 0 Å². The van der Waals surface area contributed by atoms with Gasteiger partial charge in [0.05, 0.1) is 0 Å². The Morgan fingerprint density at radius 2 is 1.86 bits per heavy atom. The van der Waals surface area contributed by atoms with Crippen molar-refractivity contribution in [3.8, 4) is 0 Å². The van der Waals surface area contributed by atoms with E-state index in [1.54, 1.807) is 0 Å². The van der Waals surface area contributed by atoms with Crippen LogP contribution in [0.5, 0.6) is 0 Å². The van der Waals surface area contributed by atoms with Gasteiger partial charge >= 0.3 is 5.97 Å². The number of carbonyl (C=O) groups excluding carboxylic acids is 2. The molecule has 0 fully saturated rings. The molecule has 0 heterocycles. The van der Waals surface area contributed by atoms with Crippen LogP contribution in [-0.4, -0.2) is 28.3 Å². The second-order valence-corrected chi connectivity index (χ2v) is 3.31. The van der Waals surface area contributed by atoms with Crippen LogP contribution in [0.25, 0.3) is 0 Å². The minimum Gasteiger partial charge on any atom is -0.480 e. The highest BCUT2D eigenvalue weighted by Crippen LogP contribution is 2.15. The Bertz CT molecular complexity index is 264. The van der Waals surface area contributed by atoms with E-state index >= 15 is 0 Å². The van der Waals surface area contributed by atoms with Gasteiger partial charge in [-0.3, -0.25) is 14.4 Å². The number of Topliss-reactive ketones (excluding diaryl/α,β-unsaturated/α-hetero) is 1. The van der Waals surface area contributed by atoms with E-state index < -0.39 is 17.4 Å². The molecule has 0 aromatic carbocycles. The lowest BCUT2D eigenvalue weighted by atomic mass is 9.89. The van der Waals surface area contributed by atoms with Crippen molar-refractivity contribution in [2.75, 3.05) is 0 Å². The lowest BCUT2D eigenvalue weighted by Gasteiger charge is -2.22. The number of carboxylic acids is 1. The molecule has 0 radical (unpaired) electrons. The molecule has 1 atom stereocenters. The molecule has 0 aromatic rings. The summed E-state index contributed by atoms with van der Waals surface area (Å²) in [6.07, 6.45) is -0.567. The average Bonchev–Trinajstić information content (AvgIpc) is 1.99. The van der Waals surface area contributed by atoms with Gasteiger partial charge < -0.3 is 16.6 Å². The predicted octanol–water partition coefficient (Wildman–Crippen LogP) is -0.987. The highest BCUT2D eigenvalue weighted by Gasteiger charge is 2.35. The molecule has 80 valence electrons. The van der Waals surface area contributed by atoms with E-state index in [0.717, 1.165) is 0 Å². The summed E-state index contributed by atoms with van der Waals surface area (Å²) in [6.45, 7) is 1.24. The fourth-order valence-electron chi connectivity index (χ4n) is 1.06. The van der Waals surface area contributed by atoms with Crippen LogP contribution in [0.15, 0.2) is 0 Å². The first-order valence-corrected chi connectivity index (χ1v) is 4.08. The van der Waals surface area contributed by atoms with Gasteiger partial charge in [0.1, 0.15) is 11.3 Å². The molecule has 0 rings (SSSR count). The van der Waals surface area contributed by atoms with Crippen LogP contribution < -0.4 is 11.5 Å². The fraction of sp³-hybridized carbons (Fsp3) is 0.625. The van der Waals surface area contributed by atoms with Crippen LogP contribution in [0, 0.1) is 0 Å². The van der Waals surface area contributed by atoms with Gasteiger partial charge in [0, 0.05) is 12.8 Å². The Morgan fingerprint density at radius 1 is 1.36 bits per heavy atom. The zero-order chi connectivity index (χ0) is 11.4. The van der Waals surface area contributed by atoms with Crippen molar-refractivity contribution >= 4 is 17.7 Å². The van der Waals surface area contributed by atoms with Gasteiger partial charge in [-0.05, 0) is 13.3 Å². The maximum atomic E-state index is 10.7. The molecule has 5 N–H and O–H groups in total. The minimum atomic E-state index is -1.68. The summed E-state index contributed by atoms with van der Waals surface area (Å²) in [5, 5.41) is 8.76. The molecular formula is C8H14N2O4. The predicted molar refractivity (Wildman–Crippen MR) is 48.3 cm³/mol. The molecule has 0 aromatic heterocycles. The van der Waals surface area contributed by atoms with Crippen LogP contribution in [0.2, 0.25) is 0 Å². The molecule has 6 nitrogen and oxygen atoms in total. The quantitative estimate of drug-likeness (QED) is 0.510. The third kappa shape index (κ3) is 3.99. The van der Waals surface area contributed by atoms with Crippen molar-refractivity contribution in [3.05, 3.63) is 0 Å². The van der Waals surface area contributed by atoms with E-state index in [1.165, 1.54) is 6.92 Å². The second kappa shape index (κ2) is 4.71. The smallest absolute Gasteiger partial charge is 0.324 e. The largest absolute Gasteiger partial charge is 0.480 e. The number of aliphatic carboxylic acids is 1. The molecular weight excluding hydrogens is 188 g/mol. The monoisotopic (exact) mass is 202 g/mol. The number of rotatable bonds is 6. The SMILES string of the molecule is CC(=O)CC(N)(CCC(N)=O)C(=O)O. The third-order valence-electron chi connectivity index (χ3n) is 1.81. The van der Waals surface area contributed by atoms with Gasteiger partial charge in [-0.15, -0.1) is 0 Å². The fourth-order valence-corrected chi connectivity index (χ4v) is 1.06. The molecule has 1 unspecified atom stereocenters. The van der Waals surface area contributed by atoms with Crippen LogP contribution in [0.4, 0.5) is 0 Å². The van der Waals surface area contributed by atoms with E-state index in [0.29, 0.717) is 0 Å². The maximum absolute atomic E-state index is 10.7. The van der Waals surface area contributed by atoms with Gasteiger partial charge in [0.15, 0.2) is 0 Å². The molecule has 0 bridgehead atoms. The van der Waals surface area contributed by atoms with E-state index in [-0.39, 0.29) is 25.0 Å². The van der Waals surface area contributed by atoms with Crippen molar-refractivity contribution in [2.24, 2.45) is 11.5 Å². The van der Waals surface area contributed by atoms with E-state index in [4.69, 9.17) is 16.6 Å². The van der Waals surface area contributed by atoms with Gasteiger partial charge in [-0.1, -0.05) is 0 Å². The van der Waals surface area contributed by atoms with Crippen molar-refractivity contribution in [3.63, 3.8) is 0 Å². The number of amides is 1. The summed E-state index contributed by atoms with van der Waals surface area (Å²) >= 11 is 0. The zero-order valence-corrected chi connectivity index (χ0v) is 7.95. The Kier molecular flexibility index (Phi) is 4.23. The number of primary amides is 1. The zero-order valence-electron chi connectivity index (χ0n) is 7.95. The van der Waals surface area contributed by atoms with Crippen molar-refractivity contribution in [1.82, 2.24) is 0 Å². The molecule has 0 aliphatic carbocycles. The van der Waals surface area contributed by atoms with Gasteiger partial charge in [-0.2, -0.15) is 0 Å². The van der Waals surface area contributed by atoms with Crippen molar-refractivity contribution in [1.29, 1.82) is 0 Å². The molecule has 14 heavy (non-hydrogen) atoms. The second-order valence-electron chi connectivity index (χ2n) is 3.31. The first-order valence-electron chi connectivity index (χ1n) is 4.08. The summed E-state index contributed by atoms with van der Waals surface area (Å²) in [6, 6.07) is 0. The minimum absolute atomic E-state index is 0.128. The Hall–Kier alpha value is -1.43. The van der Waals surface area contributed by atoms with E-state index in [1.807, 2.05) is 0 Å². The molecule has 6 heteroatoms. The van der Waals surface area contributed by atoms with Crippen LogP contribution in [0.1, 0.15) is 26.2 Å². The first-order chi connectivity index (χ1) is 6.28. The lowest BCUT2D eigenvalue weighted by Crippen LogP contribution is -2.49. The molecule has 0 aliphatic rings. The number of hydrogen-bond acceptors (Lipinski definition) is 4. The van der Waals surface area contributed by atoms with Crippen LogP contribution in [0.3, 0.4) is 0 Å². The third-order valence-corrected chi connectivity index (χ3v) is 1.81. The van der Waals surface area contributed by atoms with Crippen LogP contribution in [-0.2, 0) is 14.4 Å². The number of hydrogen-bond donors (Lipinski definition) is 3. The first kappa shape index (κ1) is 12.6. The summed E-state index contributed by atoms with van der Waals surface area (Å²) in [5.41, 5.74) is 8.64. The summed E-state index contributed by atoms with van der Waals surface area (Å²) in [4.78, 5) is 31.9. The van der Waals surface area contributed by atoms with Gasteiger partial charge in [0.2, 0.25) is 5.91 Å². The number of carboxylic acid groups (broad SMARTS) is 1. The summed E-state index contributed by atoms with van der Waals surface area (Å²) in [5.74, 6) is -2.27. The number of carbonyl (C=O) groups is 3.